The fourth-order valence-electron chi connectivity index (χ4n) is 1.28. The van der Waals surface area contributed by atoms with E-state index in [1.54, 1.807) is 11.3 Å². The molecular weight excluding hydrogens is 188 g/mol. The van der Waals surface area contributed by atoms with Crippen LogP contribution in [0.3, 0.4) is 0 Å². The molecule has 0 saturated carbocycles. The summed E-state index contributed by atoms with van der Waals surface area (Å²) in [5.74, 6) is 1.22. The second-order valence-corrected chi connectivity index (χ2v) is 4.76. The Morgan fingerprint density at radius 2 is 2.67 bits per heavy atom. The second-order valence-electron chi connectivity index (χ2n) is 2.90. The molecule has 0 aliphatic carbocycles. The Balaban J connectivity index is 2.00. The van der Waals surface area contributed by atoms with Gasteiger partial charge in [-0.05, 0) is 6.42 Å². The van der Waals surface area contributed by atoms with Crippen molar-refractivity contribution in [2.75, 3.05) is 5.75 Å². The number of rotatable bonds is 2. The molecule has 1 aromatic heterocycles. The molecule has 0 spiro atoms. The fourth-order valence-corrected chi connectivity index (χ4v) is 3.29. The summed E-state index contributed by atoms with van der Waals surface area (Å²) in [6.07, 6.45) is 1.22. The maximum Gasteiger partial charge on any atom is 0.0973 e. The van der Waals surface area contributed by atoms with Gasteiger partial charge < -0.3 is 0 Å². The maximum absolute atomic E-state index is 4.30. The van der Waals surface area contributed by atoms with Crippen molar-refractivity contribution in [3.63, 3.8) is 0 Å². The van der Waals surface area contributed by atoms with Crippen LogP contribution in [0.2, 0.25) is 0 Å². The third-order valence-electron chi connectivity index (χ3n) is 2.06. The summed E-state index contributed by atoms with van der Waals surface area (Å²) in [5.41, 5.74) is 3.09. The Morgan fingerprint density at radius 3 is 3.25 bits per heavy atom. The lowest BCUT2D eigenvalue weighted by Crippen LogP contribution is -2.24. The molecule has 2 unspecified atom stereocenters. The van der Waals surface area contributed by atoms with Crippen LogP contribution in [0.1, 0.15) is 24.4 Å². The minimum Gasteiger partial charge on any atom is -0.297 e. The molecule has 2 nitrogen and oxygen atoms in total. The first-order chi connectivity index (χ1) is 5.90. The van der Waals surface area contributed by atoms with Gasteiger partial charge in [-0.1, -0.05) is 6.92 Å². The van der Waals surface area contributed by atoms with Gasteiger partial charge in [0.15, 0.2) is 0 Å². The molecule has 4 heteroatoms. The van der Waals surface area contributed by atoms with E-state index in [1.165, 1.54) is 17.9 Å². The lowest BCUT2D eigenvalue weighted by atomic mass is 10.2. The van der Waals surface area contributed by atoms with E-state index in [-0.39, 0.29) is 0 Å². The van der Waals surface area contributed by atoms with Gasteiger partial charge in [-0.3, -0.25) is 5.32 Å². The molecule has 0 bridgehead atoms. The van der Waals surface area contributed by atoms with Gasteiger partial charge >= 0.3 is 0 Å². The largest absolute Gasteiger partial charge is 0.297 e. The van der Waals surface area contributed by atoms with E-state index < -0.39 is 0 Å². The highest BCUT2D eigenvalue weighted by atomic mass is 32.2. The van der Waals surface area contributed by atoms with E-state index in [9.17, 15) is 0 Å². The van der Waals surface area contributed by atoms with Gasteiger partial charge in [0.1, 0.15) is 0 Å². The smallest absolute Gasteiger partial charge is 0.0973 e. The average molecular weight is 200 g/mol. The molecular formula is C8H12N2S2. The first-order valence-electron chi connectivity index (χ1n) is 4.16. The Kier molecular flexibility index (Phi) is 2.68. The predicted molar refractivity (Wildman–Crippen MR) is 54.5 cm³/mol. The SMILES string of the molecule is CCC1CSC(c2cscn2)N1. The van der Waals surface area contributed by atoms with Crippen LogP contribution in [0.25, 0.3) is 0 Å². The fraction of sp³-hybridized carbons (Fsp3) is 0.625. The van der Waals surface area contributed by atoms with Crippen molar-refractivity contribution in [3.8, 4) is 0 Å². The Labute approximate surface area is 80.8 Å². The van der Waals surface area contributed by atoms with Gasteiger partial charge in [-0.25, -0.2) is 4.98 Å². The summed E-state index contributed by atoms with van der Waals surface area (Å²) in [5, 5.41) is 6.12. The summed E-state index contributed by atoms with van der Waals surface area (Å²) in [7, 11) is 0. The molecule has 2 heterocycles. The second kappa shape index (κ2) is 3.77. The molecule has 0 amide bonds. The minimum atomic E-state index is 0.446. The van der Waals surface area contributed by atoms with Crippen molar-refractivity contribution >= 4 is 23.1 Å². The van der Waals surface area contributed by atoms with Gasteiger partial charge in [-0.2, -0.15) is 0 Å². The molecule has 0 radical (unpaired) electrons. The summed E-state index contributed by atoms with van der Waals surface area (Å²) in [6.45, 7) is 2.22. The lowest BCUT2D eigenvalue weighted by Gasteiger charge is -2.08. The van der Waals surface area contributed by atoms with E-state index >= 15 is 0 Å². The van der Waals surface area contributed by atoms with Crippen molar-refractivity contribution in [3.05, 3.63) is 16.6 Å². The first-order valence-corrected chi connectivity index (χ1v) is 6.15. The monoisotopic (exact) mass is 200 g/mol. The Bertz CT molecular complexity index is 235. The summed E-state index contributed by atoms with van der Waals surface area (Å²) in [6, 6.07) is 0.682. The van der Waals surface area contributed by atoms with Gasteiger partial charge in [0, 0.05) is 17.2 Å². The highest BCUT2D eigenvalue weighted by Gasteiger charge is 2.24. The quantitative estimate of drug-likeness (QED) is 0.792. The molecule has 1 aliphatic heterocycles. The molecule has 1 aliphatic rings. The van der Waals surface area contributed by atoms with Crippen LogP contribution in [0.4, 0.5) is 0 Å². The zero-order valence-electron chi connectivity index (χ0n) is 6.99. The van der Waals surface area contributed by atoms with Crippen LogP contribution >= 0.6 is 23.1 Å². The molecule has 2 rings (SSSR count). The highest BCUT2D eigenvalue weighted by Crippen LogP contribution is 2.32. The van der Waals surface area contributed by atoms with Crippen LogP contribution in [0.5, 0.6) is 0 Å². The summed E-state index contributed by atoms with van der Waals surface area (Å²) in [4.78, 5) is 4.30. The third-order valence-corrected chi connectivity index (χ3v) is 3.97. The molecule has 1 N–H and O–H groups in total. The van der Waals surface area contributed by atoms with Crippen molar-refractivity contribution < 1.29 is 0 Å². The molecule has 1 fully saturated rings. The standard InChI is InChI=1S/C8H12N2S2/c1-2-6-3-12-8(10-6)7-4-11-5-9-7/h4-6,8,10H,2-3H2,1H3. The van der Waals surface area contributed by atoms with E-state index in [2.05, 4.69) is 22.6 Å². The zero-order valence-corrected chi connectivity index (χ0v) is 8.62. The highest BCUT2D eigenvalue weighted by molar-refractivity contribution is 7.99. The van der Waals surface area contributed by atoms with Gasteiger partial charge in [0.2, 0.25) is 0 Å². The van der Waals surface area contributed by atoms with Gasteiger partial charge in [-0.15, -0.1) is 23.1 Å². The van der Waals surface area contributed by atoms with E-state index in [1.807, 2.05) is 17.3 Å². The molecule has 0 aromatic carbocycles. The van der Waals surface area contributed by atoms with Crippen molar-refractivity contribution in [1.29, 1.82) is 0 Å². The van der Waals surface area contributed by atoms with Crippen molar-refractivity contribution in [1.82, 2.24) is 10.3 Å². The van der Waals surface area contributed by atoms with Crippen molar-refractivity contribution in [2.45, 2.75) is 24.8 Å². The van der Waals surface area contributed by atoms with Crippen LogP contribution in [-0.2, 0) is 0 Å². The normalized spacial score (nSPS) is 29.4. The molecule has 1 saturated heterocycles. The first kappa shape index (κ1) is 8.53. The third kappa shape index (κ3) is 1.65. The van der Waals surface area contributed by atoms with Gasteiger partial charge in [0.25, 0.3) is 0 Å². The molecule has 2 atom stereocenters. The van der Waals surface area contributed by atoms with E-state index in [4.69, 9.17) is 0 Å². The summed E-state index contributed by atoms with van der Waals surface area (Å²) >= 11 is 3.64. The number of hydrogen-bond acceptors (Lipinski definition) is 4. The predicted octanol–water partition coefficient (Wildman–Crippen LogP) is 2.26. The number of nitrogens with zero attached hydrogens (tertiary/aromatic N) is 1. The van der Waals surface area contributed by atoms with Crippen LogP contribution in [0.15, 0.2) is 10.9 Å². The number of aromatic nitrogens is 1. The lowest BCUT2D eigenvalue weighted by molar-refractivity contribution is 0.557. The van der Waals surface area contributed by atoms with Gasteiger partial charge in [0.05, 0.1) is 16.6 Å². The van der Waals surface area contributed by atoms with Crippen LogP contribution < -0.4 is 5.32 Å². The van der Waals surface area contributed by atoms with Crippen LogP contribution in [-0.4, -0.2) is 16.8 Å². The topological polar surface area (TPSA) is 24.9 Å². The van der Waals surface area contributed by atoms with Crippen molar-refractivity contribution in [2.24, 2.45) is 0 Å². The number of hydrogen-bond donors (Lipinski definition) is 1. The molecule has 66 valence electrons. The van der Waals surface area contributed by atoms with E-state index in [0.717, 1.165) is 0 Å². The Morgan fingerprint density at radius 1 is 1.75 bits per heavy atom. The number of thioether (sulfide) groups is 1. The number of thiazole rings is 1. The van der Waals surface area contributed by atoms with E-state index in [0.29, 0.717) is 11.4 Å². The average Bonchev–Trinajstić information content (AvgIpc) is 2.75. The van der Waals surface area contributed by atoms with Crippen LogP contribution in [0, 0.1) is 0 Å². The molecule has 12 heavy (non-hydrogen) atoms. The summed E-state index contributed by atoms with van der Waals surface area (Å²) < 4.78 is 0. The molecule has 1 aromatic rings. The maximum atomic E-state index is 4.30. The minimum absolute atomic E-state index is 0.446. The zero-order chi connectivity index (χ0) is 8.39. The Hall–Kier alpha value is -0.0600. The number of nitrogens with one attached hydrogen (secondary N) is 1.